The Bertz CT molecular complexity index is 361. The molecule has 0 radical (unpaired) electrons. The minimum Gasteiger partial charge on any atom is -0.379 e. The maximum absolute atomic E-state index is 13.0. The lowest BCUT2D eigenvalue weighted by Gasteiger charge is -2.10. The molecule has 5 heteroatoms. The molecule has 0 heterocycles. The molecule has 0 fully saturated rings. The molecule has 0 amide bonds. The third-order valence-corrected chi connectivity index (χ3v) is 2.80. The highest BCUT2D eigenvalue weighted by Crippen LogP contribution is 2.16. The van der Waals surface area contributed by atoms with Gasteiger partial charge in [0, 0.05) is 24.7 Å². The van der Waals surface area contributed by atoms with Crippen molar-refractivity contribution < 1.29 is 9.13 Å². The molecule has 0 atom stereocenters. The lowest BCUT2D eigenvalue weighted by atomic mass is 10.2. The van der Waals surface area contributed by atoms with E-state index in [9.17, 15) is 4.39 Å². The van der Waals surface area contributed by atoms with Crippen LogP contribution in [0.2, 0.25) is 5.02 Å². The van der Waals surface area contributed by atoms with E-state index in [0.29, 0.717) is 18.2 Å². The zero-order valence-corrected chi connectivity index (χ0v) is 11.6. The Morgan fingerprint density at radius 1 is 1.33 bits per heavy atom. The number of nitrogens with zero attached hydrogens (tertiary/aromatic N) is 1. The Morgan fingerprint density at radius 3 is 2.83 bits per heavy atom. The summed E-state index contributed by atoms with van der Waals surface area (Å²) in [5.74, 6) is -0.265. The molecule has 0 aromatic heterocycles. The van der Waals surface area contributed by atoms with Crippen LogP contribution in [0.5, 0.6) is 0 Å². The zero-order valence-electron chi connectivity index (χ0n) is 10.9. The molecule has 0 aliphatic rings. The van der Waals surface area contributed by atoms with Crippen LogP contribution in [0.1, 0.15) is 5.56 Å². The van der Waals surface area contributed by atoms with Gasteiger partial charge < -0.3 is 15.0 Å². The van der Waals surface area contributed by atoms with Crippen LogP contribution in [0.3, 0.4) is 0 Å². The quantitative estimate of drug-likeness (QED) is 0.735. The maximum Gasteiger partial charge on any atom is 0.123 e. The molecule has 1 aromatic rings. The number of benzene rings is 1. The van der Waals surface area contributed by atoms with Crippen molar-refractivity contribution in [3.63, 3.8) is 0 Å². The van der Waals surface area contributed by atoms with Crippen molar-refractivity contribution in [3.05, 3.63) is 34.6 Å². The van der Waals surface area contributed by atoms with Gasteiger partial charge in [-0.05, 0) is 37.9 Å². The van der Waals surface area contributed by atoms with Crippen molar-refractivity contribution in [2.24, 2.45) is 0 Å². The van der Waals surface area contributed by atoms with Crippen LogP contribution in [0.25, 0.3) is 0 Å². The van der Waals surface area contributed by atoms with E-state index >= 15 is 0 Å². The summed E-state index contributed by atoms with van der Waals surface area (Å²) < 4.78 is 18.4. The molecule has 0 bridgehead atoms. The summed E-state index contributed by atoms with van der Waals surface area (Å²) in [6, 6.07) is 4.37. The third-order valence-electron chi connectivity index (χ3n) is 2.43. The van der Waals surface area contributed by atoms with E-state index < -0.39 is 0 Å². The van der Waals surface area contributed by atoms with Gasteiger partial charge in [0.25, 0.3) is 0 Å². The topological polar surface area (TPSA) is 24.5 Å². The predicted molar refractivity (Wildman–Crippen MR) is 72.5 cm³/mol. The summed E-state index contributed by atoms with van der Waals surface area (Å²) >= 11 is 5.95. The van der Waals surface area contributed by atoms with Gasteiger partial charge >= 0.3 is 0 Å². The van der Waals surface area contributed by atoms with Crippen molar-refractivity contribution in [1.82, 2.24) is 10.2 Å². The van der Waals surface area contributed by atoms with Gasteiger partial charge in [0.1, 0.15) is 5.82 Å². The number of hydrogen-bond acceptors (Lipinski definition) is 3. The normalized spacial score (nSPS) is 11.2. The second-order valence-corrected chi connectivity index (χ2v) is 4.74. The van der Waals surface area contributed by atoms with Gasteiger partial charge in [-0.2, -0.15) is 0 Å². The Kier molecular flexibility index (Phi) is 7.20. The number of rotatable bonds is 8. The largest absolute Gasteiger partial charge is 0.379 e. The van der Waals surface area contributed by atoms with Crippen molar-refractivity contribution >= 4 is 11.6 Å². The SMILES string of the molecule is CN(C)CCOCCNCc1cc(F)ccc1Cl. The smallest absolute Gasteiger partial charge is 0.123 e. The van der Waals surface area contributed by atoms with Gasteiger partial charge in [0.15, 0.2) is 0 Å². The first-order valence-electron chi connectivity index (χ1n) is 5.96. The fraction of sp³-hybridized carbons (Fsp3) is 0.538. The van der Waals surface area contributed by atoms with Crippen LogP contribution in [-0.2, 0) is 11.3 Å². The molecule has 18 heavy (non-hydrogen) atoms. The van der Waals surface area contributed by atoms with Crippen LogP contribution in [-0.4, -0.2) is 45.3 Å². The van der Waals surface area contributed by atoms with E-state index in [0.717, 1.165) is 25.3 Å². The highest BCUT2D eigenvalue weighted by Gasteiger charge is 2.01. The van der Waals surface area contributed by atoms with Crippen molar-refractivity contribution in [1.29, 1.82) is 0 Å². The van der Waals surface area contributed by atoms with Crippen LogP contribution >= 0.6 is 11.6 Å². The molecule has 0 spiro atoms. The molecule has 0 aliphatic heterocycles. The van der Waals surface area contributed by atoms with Gasteiger partial charge in [-0.1, -0.05) is 11.6 Å². The molecular weight excluding hydrogens is 255 g/mol. The fourth-order valence-electron chi connectivity index (χ4n) is 1.40. The number of nitrogens with one attached hydrogen (secondary N) is 1. The van der Waals surface area contributed by atoms with Gasteiger partial charge in [-0.25, -0.2) is 4.39 Å². The molecule has 1 rings (SSSR count). The predicted octanol–water partition coefficient (Wildman–Crippen LogP) is 2.15. The van der Waals surface area contributed by atoms with E-state index in [1.165, 1.54) is 12.1 Å². The molecule has 0 saturated heterocycles. The maximum atomic E-state index is 13.0. The number of hydrogen-bond donors (Lipinski definition) is 1. The third kappa shape index (κ3) is 6.31. The minimum atomic E-state index is -0.265. The molecular formula is C13H20ClFN2O. The van der Waals surface area contributed by atoms with Crippen molar-refractivity contribution in [3.8, 4) is 0 Å². The van der Waals surface area contributed by atoms with E-state index in [4.69, 9.17) is 16.3 Å². The summed E-state index contributed by atoms with van der Waals surface area (Å²) in [7, 11) is 4.01. The Labute approximate surface area is 113 Å². The van der Waals surface area contributed by atoms with E-state index in [1.807, 2.05) is 14.1 Å². The van der Waals surface area contributed by atoms with Gasteiger partial charge in [-0.15, -0.1) is 0 Å². The molecule has 1 N–H and O–H groups in total. The molecule has 1 aromatic carbocycles. The average Bonchev–Trinajstić information content (AvgIpc) is 2.32. The van der Waals surface area contributed by atoms with Crippen LogP contribution in [0.4, 0.5) is 4.39 Å². The minimum absolute atomic E-state index is 0.265. The summed E-state index contributed by atoms with van der Waals surface area (Å²) in [5.41, 5.74) is 0.768. The second kappa shape index (κ2) is 8.43. The first-order valence-corrected chi connectivity index (χ1v) is 6.34. The lowest BCUT2D eigenvalue weighted by Crippen LogP contribution is -2.23. The van der Waals surface area contributed by atoms with Crippen LogP contribution in [0, 0.1) is 5.82 Å². The number of ether oxygens (including phenoxy) is 1. The van der Waals surface area contributed by atoms with E-state index in [1.54, 1.807) is 6.07 Å². The summed E-state index contributed by atoms with van der Waals surface area (Å²) in [4.78, 5) is 2.07. The first-order chi connectivity index (χ1) is 8.59. The lowest BCUT2D eigenvalue weighted by molar-refractivity contribution is 0.119. The van der Waals surface area contributed by atoms with Gasteiger partial charge in [0.05, 0.1) is 13.2 Å². The Balaban J connectivity index is 2.12. The fourth-order valence-corrected chi connectivity index (χ4v) is 1.58. The molecule has 3 nitrogen and oxygen atoms in total. The van der Waals surface area contributed by atoms with Gasteiger partial charge in [-0.3, -0.25) is 0 Å². The molecule has 0 saturated carbocycles. The van der Waals surface area contributed by atoms with E-state index in [2.05, 4.69) is 10.2 Å². The van der Waals surface area contributed by atoms with Crippen LogP contribution in [0.15, 0.2) is 18.2 Å². The average molecular weight is 275 g/mol. The molecule has 0 aliphatic carbocycles. The summed E-state index contributed by atoms with van der Waals surface area (Å²) in [6.07, 6.45) is 0. The highest BCUT2D eigenvalue weighted by molar-refractivity contribution is 6.31. The summed E-state index contributed by atoms with van der Waals surface area (Å²) in [5, 5.41) is 3.75. The standard InChI is InChI=1S/C13H20ClFN2O/c1-17(2)6-8-18-7-5-16-10-11-9-12(15)3-4-13(11)14/h3-4,9,16H,5-8,10H2,1-2H3. The molecule has 0 unspecified atom stereocenters. The van der Waals surface area contributed by atoms with Crippen LogP contribution < -0.4 is 5.32 Å². The zero-order chi connectivity index (χ0) is 13.4. The van der Waals surface area contributed by atoms with E-state index in [-0.39, 0.29) is 5.82 Å². The first kappa shape index (κ1) is 15.4. The highest BCUT2D eigenvalue weighted by atomic mass is 35.5. The van der Waals surface area contributed by atoms with Gasteiger partial charge in [0.2, 0.25) is 0 Å². The monoisotopic (exact) mass is 274 g/mol. The number of halogens is 2. The Hall–Kier alpha value is -0.680. The number of likely N-dealkylation sites (N-methyl/N-ethyl adjacent to an activating group) is 1. The van der Waals surface area contributed by atoms with Crippen molar-refractivity contribution in [2.45, 2.75) is 6.54 Å². The molecule has 102 valence electrons. The second-order valence-electron chi connectivity index (χ2n) is 4.33. The Morgan fingerprint density at radius 2 is 2.11 bits per heavy atom. The summed E-state index contributed by atoms with van der Waals surface area (Å²) in [6.45, 7) is 3.54. The van der Waals surface area contributed by atoms with Crippen molar-refractivity contribution in [2.75, 3.05) is 40.4 Å².